The van der Waals surface area contributed by atoms with E-state index in [2.05, 4.69) is 33.5 Å². The summed E-state index contributed by atoms with van der Waals surface area (Å²) in [6, 6.07) is 0. The van der Waals surface area contributed by atoms with Crippen LogP contribution in [0, 0.1) is 5.92 Å². The number of ether oxygens (including phenoxy) is 1. The molecule has 2 aliphatic rings. The SMILES string of the molecule is CC(C)Cn1c(SCC(=O)N2CCCC2)nnc1N1CCOCC1. The van der Waals surface area contributed by atoms with E-state index in [9.17, 15) is 4.79 Å². The number of thioether (sulfide) groups is 1. The largest absolute Gasteiger partial charge is 0.378 e. The summed E-state index contributed by atoms with van der Waals surface area (Å²) in [5.74, 6) is 2.06. The van der Waals surface area contributed by atoms with Gasteiger partial charge < -0.3 is 14.5 Å². The average molecular weight is 353 g/mol. The Morgan fingerprint density at radius 2 is 1.88 bits per heavy atom. The van der Waals surface area contributed by atoms with Gasteiger partial charge in [0.25, 0.3) is 0 Å². The third kappa shape index (κ3) is 4.22. The second kappa shape index (κ2) is 8.20. The lowest BCUT2D eigenvalue weighted by Crippen LogP contribution is -2.38. The molecule has 2 saturated heterocycles. The summed E-state index contributed by atoms with van der Waals surface area (Å²) in [5.41, 5.74) is 0. The Balaban J connectivity index is 1.69. The number of carbonyl (C=O) groups excluding carboxylic acids is 1. The molecule has 3 heterocycles. The molecule has 8 heteroatoms. The second-order valence-electron chi connectivity index (χ2n) is 6.76. The Morgan fingerprint density at radius 1 is 1.17 bits per heavy atom. The highest BCUT2D eigenvalue weighted by atomic mass is 32.2. The van der Waals surface area contributed by atoms with Gasteiger partial charge in [0.15, 0.2) is 5.16 Å². The number of rotatable bonds is 6. The lowest BCUT2D eigenvalue weighted by Gasteiger charge is -2.28. The molecule has 0 radical (unpaired) electrons. The Morgan fingerprint density at radius 3 is 2.54 bits per heavy atom. The van der Waals surface area contributed by atoms with E-state index < -0.39 is 0 Å². The van der Waals surface area contributed by atoms with Gasteiger partial charge in [-0.2, -0.15) is 0 Å². The van der Waals surface area contributed by atoms with E-state index in [4.69, 9.17) is 4.74 Å². The molecule has 1 aromatic heterocycles. The molecule has 2 aliphatic heterocycles. The van der Waals surface area contributed by atoms with Crippen molar-refractivity contribution in [2.45, 2.75) is 38.4 Å². The van der Waals surface area contributed by atoms with Crippen LogP contribution in [-0.2, 0) is 16.1 Å². The van der Waals surface area contributed by atoms with Crippen molar-refractivity contribution in [3.05, 3.63) is 0 Å². The summed E-state index contributed by atoms with van der Waals surface area (Å²) in [6.45, 7) is 10.2. The highest BCUT2D eigenvalue weighted by Crippen LogP contribution is 2.24. The third-order valence-corrected chi connectivity index (χ3v) is 5.27. The number of aromatic nitrogens is 3. The number of anilines is 1. The van der Waals surface area contributed by atoms with Crippen LogP contribution in [0.4, 0.5) is 5.95 Å². The smallest absolute Gasteiger partial charge is 0.233 e. The topological polar surface area (TPSA) is 63.5 Å². The number of hydrogen-bond acceptors (Lipinski definition) is 6. The molecule has 2 fully saturated rings. The Hall–Kier alpha value is -1.28. The molecular formula is C16H27N5O2S. The van der Waals surface area contributed by atoms with Crippen molar-refractivity contribution >= 4 is 23.6 Å². The van der Waals surface area contributed by atoms with Crippen molar-refractivity contribution in [2.75, 3.05) is 50.0 Å². The Bertz CT molecular complexity index is 551. The van der Waals surface area contributed by atoms with Gasteiger partial charge in [0.05, 0.1) is 19.0 Å². The zero-order valence-electron chi connectivity index (χ0n) is 14.6. The monoisotopic (exact) mass is 353 g/mol. The Labute approximate surface area is 147 Å². The molecule has 0 spiro atoms. The van der Waals surface area contributed by atoms with Crippen molar-refractivity contribution in [2.24, 2.45) is 5.92 Å². The van der Waals surface area contributed by atoms with Crippen LogP contribution in [0.5, 0.6) is 0 Å². The number of likely N-dealkylation sites (tertiary alicyclic amines) is 1. The third-order valence-electron chi connectivity index (χ3n) is 4.32. The van der Waals surface area contributed by atoms with E-state index in [1.54, 1.807) is 0 Å². The summed E-state index contributed by atoms with van der Waals surface area (Å²) >= 11 is 1.51. The molecular weight excluding hydrogens is 326 g/mol. The van der Waals surface area contributed by atoms with Crippen LogP contribution in [0.25, 0.3) is 0 Å². The average Bonchev–Trinajstić information content (AvgIpc) is 3.23. The first-order valence-electron chi connectivity index (χ1n) is 8.81. The van der Waals surface area contributed by atoms with Crippen molar-refractivity contribution in [1.29, 1.82) is 0 Å². The molecule has 24 heavy (non-hydrogen) atoms. The summed E-state index contributed by atoms with van der Waals surface area (Å²) < 4.78 is 7.59. The first kappa shape index (κ1) is 17.5. The van der Waals surface area contributed by atoms with Crippen LogP contribution in [0.15, 0.2) is 5.16 Å². The molecule has 3 rings (SSSR count). The highest BCUT2D eigenvalue weighted by Gasteiger charge is 2.23. The molecule has 1 aromatic rings. The minimum Gasteiger partial charge on any atom is -0.378 e. The molecule has 0 saturated carbocycles. The first-order chi connectivity index (χ1) is 11.6. The molecule has 1 amide bonds. The van der Waals surface area contributed by atoms with E-state index in [0.29, 0.717) is 11.7 Å². The standard InChI is InChI=1S/C16H27N5O2S/c1-13(2)11-21-15(20-7-9-23-10-8-20)17-18-16(21)24-12-14(22)19-5-3-4-6-19/h13H,3-12H2,1-2H3. The van der Waals surface area contributed by atoms with Crippen molar-refractivity contribution in [3.8, 4) is 0 Å². The molecule has 0 N–H and O–H groups in total. The zero-order valence-corrected chi connectivity index (χ0v) is 15.4. The summed E-state index contributed by atoms with van der Waals surface area (Å²) in [6.07, 6.45) is 2.25. The van der Waals surface area contributed by atoms with E-state index in [0.717, 1.165) is 69.9 Å². The molecule has 0 unspecified atom stereocenters. The van der Waals surface area contributed by atoms with Crippen molar-refractivity contribution in [1.82, 2.24) is 19.7 Å². The lowest BCUT2D eigenvalue weighted by molar-refractivity contribution is -0.127. The van der Waals surface area contributed by atoms with E-state index in [-0.39, 0.29) is 5.91 Å². The number of morpholine rings is 1. The van der Waals surface area contributed by atoms with Gasteiger partial charge in [-0.25, -0.2) is 0 Å². The lowest BCUT2D eigenvalue weighted by atomic mass is 10.2. The first-order valence-corrected chi connectivity index (χ1v) is 9.80. The van der Waals surface area contributed by atoms with Gasteiger partial charge in [-0.3, -0.25) is 9.36 Å². The fourth-order valence-electron chi connectivity index (χ4n) is 3.09. The van der Waals surface area contributed by atoms with E-state index in [1.165, 1.54) is 11.8 Å². The summed E-state index contributed by atoms with van der Waals surface area (Å²) in [5, 5.41) is 9.62. The van der Waals surface area contributed by atoms with Gasteiger partial charge in [-0.05, 0) is 18.8 Å². The van der Waals surface area contributed by atoms with Gasteiger partial charge in [0, 0.05) is 32.7 Å². The van der Waals surface area contributed by atoms with Gasteiger partial charge in [0.1, 0.15) is 0 Å². The highest BCUT2D eigenvalue weighted by molar-refractivity contribution is 7.99. The molecule has 134 valence electrons. The maximum Gasteiger partial charge on any atom is 0.233 e. The number of nitrogens with zero attached hydrogens (tertiary/aromatic N) is 5. The van der Waals surface area contributed by atoms with Crippen LogP contribution >= 0.6 is 11.8 Å². The van der Waals surface area contributed by atoms with Crippen molar-refractivity contribution in [3.63, 3.8) is 0 Å². The predicted molar refractivity (Wildman–Crippen MR) is 94.4 cm³/mol. The van der Waals surface area contributed by atoms with Crippen LogP contribution in [0.2, 0.25) is 0 Å². The van der Waals surface area contributed by atoms with E-state index in [1.807, 2.05) is 4.90 Å². The molecule has 0 bridgehead atoms. The minimum absolute atomic E-state index is 0.213. The van der Waals surface area contributed by atoms with Crippen LogP contribution in [0.3, 0.4) is 0 Å². The van der Waals surface area contributed by atoms with Crippen LogP contribution < -0.4 is 4.90 Å². The van der Waals surface area contributed by atoms with Gasteiger partial charge in [-0.1, -0.05) is 25.6 Å². The number of hydrogen-bond donors (Lipinski definition) is 0. The van der Waals surface area contributed by atoms with Gasteiger partial charge >= 0.3 is 0 Å². The molecule has 0 atom stereocenters. The summed E-state index contributed by atoms with van der Waals surface area (Å²) in [7, 11) is 0. The fraction of sp³-hybridized carbons (Fsp3) is 0.812. The molecule has 7 nitrogen and oxygen atoms in total. The van der Waals surface area contributed by atoms with E-state index >= 15 is 0 Å². The fourth-order valence-corrected chi connectivity index (χ4v) is 3.94. The number of carbonyl (C=O) groups is 1. The van der Waals surface area contributed by atoms with Gasteiger partial charge in [0.2, 0.25) is 11.9 Å². The molecule has 0 aliphatic carbocycles. The molecule has 0 aromatic carbocycles. The van der Waals surface area contributed by atoms with Crippen molar-refractivity contribution < 1.29 is 9.53 Å². The minimum atomic E-state index is 0.213. The predicted octanol–water partition coefficient (Wildman–Crippen LogP) is 1.49. The maximum atomic E-state index is 12.3. The van der Waals surface area contributed by atoms with Crippen LogP contribution in [0.1, 0.15) is 26.7 Å². The maximum absolute atomic E-state index is 12.3. The zero-order chi connectivity index (χ0) is 16.9. The second-order valence-corrected chi connectivity index (χ2v) is 7.71. The summed E-state index contributed by atoms with van der Waals surface area (Å²) in [4.78, 5) is 16.5. The Kier molecular flexibility index (Phi) is 5.99. The van der Waals surface area contributed by atoms with Crippen LogP contribution in [-0.4, -0.2) is 70.7 Å². The van der Waals surface area contributed by atoms with Gasteiger partial charge in [-0.15, -0.1) is 10.2 Å². The normalized spacial score (nSPS) is 18.6. The number of amides is 1. The quantitative estimate of drug-likeness (QED) is 0.722.